The van der Waals surface area contributed by atoms with Gasteiger partial charge in [-0.25, -0.2) is 4.79 Å². The van der Waals surface area contributed by atoms with Gasteiger partial charge >= 0.3 is 5.97 Å². The fourth-order valence-corrected chi connectivity index (χ4v) is 1.98. The van der Waals surface area contributed by atoms with Gasteiger partial charge in [-0.05, 0) is 42.8 Å². The molecule has 110 valence electrons. The molecule has 0 unspecified atom stereocenters. The van der Waals surface area contributed by atoms with Crippen LogP contribution in [0.2, 0.25) is 5.02 Å². The number of aryl methyl sites for hydroxylation is 1. The topological polar surface area (TPSA) is 55.8 Å². The fraction of sp³-hybridized carbons (Fsp3) is 0.188. The molecular formula is C16H15ClO4. The highest BCUT2D eigenvalue weighted by Gasteiger charge is 2.09. The van der Waals surface area contributed by atoms with Crippen molar-refractivity contribution in [2.45, 2.75) is 6.92 Å². The SMILES string of the molecule is Cc1cccc(OCCOc2ccc(Cl)c(C(=O)O)c2)c1. The summed E-state index contributed by atoms with van der Waals surface area (Å²) in [5, 5.41) is 9.16. The van der Waals surface area contributed by atoms with E-state index in [1.165, 1.54) is 12.1 Å². The average Bonchev–Trinajstić information content (AvgIpc) is 2.45. The first-order valence-electron chi connectivity index (χ1n) is 6.41. The van der Waals surface area contributed by atoms with E-state index in [2.05, 4.69) is 0 Å². The van der Waals surface area contributed by atoms with Gasteiger partial charge in [0.25, 0.3) is 0 Å². The molecule has 0 saturated heterocycles. The van der Waals surface area contributed by atoms with E-state index < -0.39 is 5.97 Å². The molecule has 0 aliphatic carbocycles. The van der Waals surface area contributed by atoms with Gasteiger partial charge in [0.05, 0.1) is 10.6 Å². The normalized spacial score (nSPS) is 10.2. The van der Waals surface area contributed by atoms with Crippen LogP contribution in [0, 0.1) is 6.92 Å². The Kier molecular flexibility index (Phi) is 5.06. The van der Waals surface area contributed by atoms with E-state index in [-0.39, 0.29) is 10.6 Å². The van der Waals surface area contributed by atoms with Crippen molar-refractivity contribution in [3.63, 3.8) is 0 Å². The van der Waals surface area contributed by atoms with E-state index in [0.29, 0.717) is 19.0 Å². The quantitative estimate of drug-likeness (QED) is 0.825. The highest BCUT2D eigenvalue weighted by molar-refractivity contribution is 6.33. The monoisotopic (exact) mass is 306 g/mol. The molecule has 0 radical (unpaired) electrons. The predicted molar refractivity (Wildman–Crippen MR) is 80.6 cm³/mol. The van der Waals surface area contributed by atoms with Gasteiger partial charge in [-0.3, -0.25) is 0 Å². The molecule has 0 atom stereocenters. The summed E-state index contributed by atoms with van der Waals surface area (Å²) in [5.41, 5.74) is 1.14. The summed E-state index contributed by atoms with van der Waals surface area (Å²) >= 11 is 5.79. The van der Waals surface area contributed by atoms with Gasteiger partial charge in [0, 0.05) is 0 Å². The summed E-state index contributed by atoms with van der Waals surface area (Å²) < 4.78 is 11.0. The number of hydrogen-bond donors (Lipinski definition) is 1. The van der Waals surface area contributed by atoms with Crippen LogP contribution in [0.25, 0.3) is 0 Å². The lowest BCUT2D eigenvalue weighted by Gasteiger charge is -2.09. The number of rotatable bonds is 6. The molecule has 0 saturated carbocycles. The highest BCUT2D eigenvalue weighted by atomic mass is 35.5. The number of benzene rings is 2. The van der Waals surface area contributed by atoms with Crippen LogP contribution in [0.5, 0.6) is 11.5 Å². The largest absolute Gasteiger partial charge is 0.490 e. The Morgan fingerprint density at radius 3 is 2.38 bits per heavy atom. The second kappa shape index (κ2) is 6.99. The molecule has 1 N–H and O–H groups in total. The zero-order chi connectivity index (χ0) is 15.2. The summed E-state index contributed by atoms with van der Waals surface area (Å²) in [6.45, 7) is 2.67. The van der Waals surface area contributed by atoms with Gasteiger partial charge in [0.2, 0.25) is 0 Å². The van der Waals surface area contributed by atoms with Crippen molar-refractivity contribution >= 4 is 17.6 Å². The maximum atomic E-state index is 11.0. The molecule has 0 amide bonds. The van der Waals surface area contributed by atoms with Gasteiger partial charge < -0.3 is 14.6 Å². The summed E-state index contributed by atoms with van der Waals surface area (Å²) in [4.78, 5) is 11.0. The third-order valence-corrected chi connectivity index (χ3v) is 3.11. The van der Waals surface area contributed by atoms with Crippen LogP contribution in [0.3, 0.4) is 0 Å². The minimum atomic E-state index is -1.08. The number of aromatic carboxylic acids is 1. The molecule has 0 aliphatic rings. The molecule has 2 aromatic rings. The summed E-state index contributed by atoms with van der Waals surface area (Å²) in [7, 11) is 0. The smallest absolute Gasteiger partial charge is 0.337 e. The Hall–Kier alpha value is -2.20. The number of carboxylic acids is 1. The number of carbonyl (C=O) groups is 1. The lowest BCUT2D eigenvalue weighted by molar-refractivity contribution is 0.0696. The van der Waals surface area contributed by atoms with Crippen molar-refractivity contribution in [3.05, 3.63) is 58.6 Å². The molecule has 2 rings (SSSR count). The highest BCUT2D eigenvalue weighted by Crippen LogP contribution is 2.22. The van der Waals surface area contributed by atoms with Crippen molar-refractivity contribution in [3.8, 4) is 11.5 Å². The minimum Gasteiger partial charge on any atom is -0.490 e. The molecular weight excluding hydrogens is 292 g/mol. The molecule has 0 aliphatic heterocycles. The molecule has 4 nitrogen and oxygen atoms in total. The third-order valence-electron chi connectivity index (χ3n) is 2.78. The second-order valence-corrected chi connectivity index (χ2v) is 4.87. The summed E-state index contributed by atoms with van der Waals surface area (Å²) in [6, 6.07) is 12.2. The first-order valence-corrected chi connectivity index (χ1v) is 6.79. The third kappa shape index (κ3) is 4.39. The lowest BCUT2D eigenvalue weighted by atomic mass is 10.2. The molecule has 2 aromatic carbocycles. The van der Waals surface area contributed by atoms with E-state index >= 15 is 0 Å². The van der Waals surface area contributed by atoms with Crippen LogP contribution < -0.4 is 9.47 Å². The standard InChI is InChI=1S/C16H15ClO4/c1-11-3-2-4-12(9-11)20-7-8-21-13-5-6-15(17)14(10-13)16(18)19/h2-6,9-10H,7-8H2,1H3,(H,18,19). The summed E-state index contributed by atoms with van der Waals surface area (Å²) in [6.07, 6.45) is 0. The average molecular weight is 307 g/mol. The van der Waals surface area contributed by atoms with Crippen molar-refractivity contribution in [1.82, 2.24) is 0 Å². The Morgan fingerprint density at radius 1 is 1.10 bits per heavy atom. The minimum absolute atomic E-state index is 0.0220. The van der Waals surface area contributed by atoms with Gasteiger partial charge in [-0.1, -0.05) is 23.7 Å². The molecule has 5 heteroatoms. The zero-order valence-corrected chi connectivity index (χ0v) is 12.3. The van der Waals surface area contributed by atoms with Crippen LogP contribution in [-0.2, 0) is 0 Å². The van der Waals surface area contributed by atoms with E-state index in [4.69, 9.17) is 26.2 Å². The van der Waals surface area contributed by atoms with Gasteiger partial charge in [-0.15, -0.1) is 0 Å². The van der Waals surface area contributed by atoms with Crippen LogP contribution in [0.4, 0.5) is 0 Å². The Morgan fingerprint density at radius 2 is 1.76 bits per heavy atom. The maximum Gasteiger partial charge on any atom is 0.337 e. The van der Waals surface area contributed by atoms with Crippen molar-refractivity contribution in [2.75, 3.05) is 13.2 Å². The molecule has 0 aromatic heterocycles. The van der Waals surface area contributed by atoms with E-state index in [1.54, 1.807) is 6.07 Å². The Bertz CT molecular complexity index is 640. The fourth-order valence-electron chi connectivity index (χ4n) is 1.78. The lowest BCUT2D eigenvalue weighted by Crippen LogP contribution is -2.09. The molecule has 0 bridgehead atoms. The molecule has 0 heterocycles. The Labute approximate surface area is 127 Å². The number of halogens is 1. The van der Waals surface area contributed by atoms with Crippen molar-refractivity contribution in [1.29, 1.82) is 0 Å². The van der Waals surface area contributed by atoms with Crippen molar-refractivity contribution < 1.29 is 19.4 Å². The first kappa shape index (κ1) is 15.2. The van der Waals surface area contributed by atoms with Gasteiger partial charge in [0.1, 0.15) is 24.7 Å². The van der Waals surface area contributed by atoms with Gasteiger partial charge in [-0.2, -0.15) is 0 Å². The molecule has 21 heavy (non-hydrogen) atoms. The van der Waals surface area contributed by atoms with E-state index in [1.807, 2.05) is 31.2 Å². The van der Waals surface area contributed by atoms with Crippen LogP contribution in [0.1, 0.15) is 15.9 Å². The van der Waals surface area contributed by atoms with E-state index in [0.717, 1.165) is 11.3 Å². The number of hydrogen-bond acceptors (Lipinski definition) is 3. The maximum absolute atomic E-state index is 11.0. The second-order valence-electron chi connectivity index (χ2n) is 4.46. The number of carboxylic acid groups (broad SMARTS) is 1. The van der Waals surface area contributed by atoms with E-state index in [9.17, 15) is 4.79 Å². The predicted octanol–water partition coefficient (Wildman–Crippen LogP) is 3.80. The van der Waals surface area contributed by atoms with Crippen LogP contribution in [0.15, 0.2) is 42.5 Å². The molecule has 0 spiro atoms. The van der Waals surface area contributed by atoms with Gasteiger partial charge in [0.15, 0.2) is 0 Å². The molecule has 0 fully saturated rings. The number of ether oxygens (including phenoxy) is 2. The van der Waals surface area contributed by atoms with Crippen molar-refractivity contribution in [2.24, 2.45) is 0 Å². The van der Waals surface area contributed by atoms with Crippen LogP contribution in [-0.4, -0.2) is 24.3 Å². The van der Waals surface area contributed by atoms with Crippen LogP contribution >= 0.6 is 11.6 Å². The summed E-state index contributed by atoms with van der Waals surface area (Å²) in [5.74, 6) is 0.145. The zero-order valence-electron chi connectivity index (χ0n) is 11.5. The Balaban J connectivity index is 1.86. The first-order chi connectivity index (χ1) is 10.1.